The predicted octanol–water partition coefficient (Wildman–Crippen LogP) is 2.27. The first kappa shape index (κ1) is 18.9. The molecule has 1 aromatic heterocycles. The molecule has 6 heteroatoms. The smallest absolute Gasteiger partial charge is 0.251 e. The molecule has 0 bridgehead atoms. The molecule has 2 aromatic rings. The molecule has 0 unspecified atom stereocenters. The average Bonchev–Trinajstić information content (AvgIpc) is 3.16. The van der Waals surface area contributed by atoms with Gasteiger partial charge in [0.2, 0.25) is 5.91 Å². The number of aryl methyl sites for hydroxylation is 1. The molecule has 0 spiro atoms. The molecule has 2 aliphatic rings. The summed E-state index contributed by atoms with van der Waals surface area (Å²) in [5, 5.41) is 0. The summed E-state index contributed by atoms with van der Waals surface area (Å²) in [6.45, 7) is 5.75. The van der Waals surface area contributed by atoms with Gasteiger partial charge in [0.25, 0.3) is 5.56 Å². The van der Waals surface area contributed by atoms with Crippen LogP contribution in [0.4, 0.5) is 0 Å². The molecule has 2 fully saturated rings. The van der Waals surface area contributed by atoms with E-state index >= 15 is 0 Å². The standard InChI is InChI=1S/C22H28N4O2/c1-16-23-20(13-21(27)24-16)18-8-11-26(12-9-18)22(28)15-25-10-7-19(14-25)17-5-3-2-4-6-17/h2-6,13,18-19H,7-12,14-15H2,1H3,(H,23,24,27)/t19-/m1/s1. The molecule has 28 heavy (non-hydrogen) atoms. The fourth-order valence-electron chi connectivity index (χ4n) is 4.50. The van der Waals surface area contributed by atoms with Gasteiger partial charge in [-0.2, -0.15) is 0 Å². The van der Waals surface area contributed by atoms with E-state index < -0.39 is 0 Å². The SMILES string of the molecule is Cc1nc(C2CCN(C(=O)CN3CC[C@@H](c4ccccc4)C3)CC2)cc(=O)[nH]1. The van der Waals surface area contributed by atoms with E-state index in [1.54, 1.807) is 6.07 Å². The second-order valence-corrected chi connectivity index (χ2v) is 8.04. The lowest BCUT2D eigenvalue weighted by Gasteiger charge is -2.32. The lowest BCUT2D eigenvalue weighted by atomic mass is 9.93. The largest absolute Gasteiger partial charge is 0.342 e. The van der Waals surface area contributed by atoms with Gasteiger partial charge in [-0.25, -0.2) is 4.98 Å². The summed E-state index contributed by atoms with van der Waals surface area (Å²) in [6, 6.07) is 12.2. The van der Waals surface area contributed by atoms with Gasteiger partial charge in [0.15, 0.2) is 0 Å². The highest BCUT2D eigenvalue weighted by atomic mass is 16.2. The lowest BCUT2D eigenvalue weighted by Crippen LogP contribution is -2.43. The van der Waals surface area contributed by atoms with Crippen LogP contribution < -0.4 is 5.56 Å². The molecule has 2 aliphatic heterocycles. The number of aromatic amines is 1. The minimum atomic E-state index is -0.0944. The van der Waals surface area contributed by atoms with Crippen molar-refractivity contribution < 1.29 is 4.79 Å². The molecule has 3 heterocycles. The Hall–Kier alpha value is -2.47. The van der Waals surface area contributed by atoms with Gasteiger partial charge in [-0.15, -0.1) is 0 Å². The fraction of sp³-hybridized carbons (Fsp3) is 0.500. The minimum absolute atomic E-state index is 0.0944. The van der Waals surface area contributed by atoms with Crippen LogP contribution >= 0.6 is 0 Å². The number of nitrogens with zero attached hydrogens (tertiary/aromatic N) is 3. The van der Waals surface area contributed by atoms with Gasteiger partial charge in [-0.05, 0) is 44.2 Å². The highest BCUT2D eigenvalue weighted by molar-refractivity contribution is 5.78. The van der Waals surface area contributed by atoms with Gasteiger partial charge in [-0.3, -0.25) is 14.5 Å². The van der Waals surface area contributed by atoms with E-state index in [1.807, 2.05) is 17.9 Å². The van der Waals surface area contributed by atoms with Crippen LogP contribution in [0.15, 0.2) is 41.2 Å². The molecule has 0 aliphatic carbocycles. The van der Waals surface area contributed by atoms with Crippen LogP contribution in [0.25, 0.3) is 0 Å². The van der Waals surface area contributed by atoms with E-state index in [9.17, 15) is 9.59 Å². The zero-order chi connectivity index (χ0) is 19.5. The minimum Gasteiger partial charge on any atom is -0.342 e. The van der Waals surface area contributed by atoms with Gasteiger partial charge < -0.3 is 9.88 Å². The highest BCUT2D eigenvalue weighted by Gasteiger charge is 2.29. The summed E-state index contributed by atoms with van der Waals surface area (Å²) >= 11 is 0. The van der Waals surface area contributed by atoms with Crippen molar-refractivity contribution in [2.75, 3.05) is 32.7 Å². The molecule has 2 saturated heterocycles. The van der Waals surface area contributed by atoms with Crippen molar-refractivity contribution in [3.8, 4) is 0 Å². The highest BCUT2D eigenvalue weighted by Crippen LogP contribution is 2.28. The van der Waals surface area contributed by atoms with Crippen LogP contribution in [0.2, 0.25) is 0 Å². The van der Waals surface area contributed by atoms with Crippen LogP contribution in [-0.2, 0) is 4.79 Å². The van der Waals surface area contributed by atoms with E-state index in [1.165, 1.54) is 5.56 Å². The number of piperidine rings is 1. The summed E-state index contributed by atoms with van der Waals surface area (Å²) in [5.74, 6) is 1.68. The molecule has 4 rings (SSSR count). The molecule has 6 nitrogen and oxygen atoms in total. The maximum absolute atomic E-state index is 12.8. The fourth-order valence-corrected chi connectivity index (χ4v) is 4.50. The van der Waals surface area contributed by atoms with E-state index in [-0.39, 0.29) is 17.4 Å². The van der Waals surface area contributed by atoms with E-state index in [0.29, 0.717) is 18.3 Å². The summed E-state index contributed by atoms with van der Waals surface area (Å²) in [5.41, 5.74) is 2.14. The van der Waals surface area contributed by atoms with Crippen LogP contribution in [0.1, 0.15) is 48.2 Å². The van der Waals surface area contributed by atoms with Crippen molar-refractivity contribution in [3.63, 3.8) is 0 Å². The summed E-state index contributed by atoms with van der Waals surface area (Å²) < 4.78 is 0. The van der Waals surface area contributed by atoms with Gasteiger partial charge in [0.05, 0.1) is 12.2 Å². The lowest BCUT2D eigenvalue weighted by molar-refractivity contribution is -0.133. The number of carbonyl (C=O) groups excluding carboxylic acids is 1. The van der Waals surface area contributed by atoms with Crippen molar-refractivity contribution in [1.82, 2.24) is 19.8 Å². The quantitative estimate of drug-likeness (QED) is 0.884. The Morgan fingerprint density at radius 2 is 1.82 bits per heavy atom. The molecule has 1 N–H and O–H groups in total. The van der Waals surface area contributed by atoms with Gasteiger partial charge >= 0.3 is 0 Å². The number of aromatic nitrogens is 2. The Morgan fingerprint density at radius 3 is 2.54 bits per heavy atom. The van der Waals surface area contributed by atoms with Crippen molar-refractivity contribution in [2.45, 2.75) is 38.0 Å². The predicted molar refractivity (Wildman–Crippen MR) is 108 cm³/mol. The summed E-state index contributed by atoms with van der Waals surface area (Å²) in [6.07, 6.45) is 2.86. The number of hydrogen-bond donors (Lipinski definition) is 1. The van der Waals surface area contributed by atoms with E-state index in [2.05, 4.69) is 39.1 Å². The monoisotopic (exact) mass is 380 g/mol. The third kappa shape index (κ3) is 4.33. The number of carbonyl (C=O) groups is 1. The Morgan fingerprint density at radius 1 is 1.11 bits per heavy atom. The third-order valence-corrected chi connectivity index (χ3v) is 6.05. The molecule has 1 aromatic carbocycles. The number of hydrogen-bond acceptors (Lipinski definition) is 4. The second kappa shape index (κ2) is 8.27. The third-order valence-electron chi connectivity index (χ3n) is 6.05. The van der Waals surface area contributed by atoms with Crippen LogP contribution in [0, 0.1) is 6.92 Å². The Balaban J connectivity index is 1.28. The number of rotatable bonds is 4. The maximum atomic E-state index is 12.8. The average molecular weight is 380 g/mol. The van der Waals surface area contributed by atoms with Crippen LogP contribution in [0.3, 0.4) is 0 Å². The zero-order valence-electron chi connectivity index (χ0n) is 16.4. The van der Waals surface area contributed by atoms with E-state index in [0.717, 1.165) is 51.1 Å². The van der Waals surface area contributed by atoms with E-state index in [4.69, 9.17) is 0 Å². The second-order valence-electron chi connectivity index (χ2n) is 8.04. The van der Waals surface area contributed by atoms with Crippen molar-refractivity contribution in [1.29, 1.82) is 0 Å². The van der Waals surface area contributed by atoms with Gasteiger partial charge in [0, 0.05) is 31.6 Å². The number of amides is 1. The van der Waals surface area contributed by atoms with Crippen molar-refractivity contribution in [2.24, 2.45) is 0 Å². The summed E-state index contributed by atoms with van der Waals surface area (Å²) in [7, 11) is 0. The number of nitrogens with one attached hydrogen (secondary N) is 1. The molecule has 1 amide bonds. The first-order valence-corrected chi connectivity index (χ1v) is 10.2. The van der Waals surface area contributed by atoms with Gasteiger partial charge in [-0.1, -0.05) is 30.3 Å². The molecule has 1 atom stereocenters. The molecule has 148 valence electrons. The van der Waals surface area contributed by atoms with Crippen LogP contribution in [-0.4, -0.2) is 58.4 Å². The molecular weight excluding hydrogens is 352 g/mol. The van der Waals surface area contributed by atoms with Crippen molar-refractivity contribution in [3.05, 3.63) is 63.8 Å². The Labute approximate surface area is 165 Å². The van der Waals surface area contributed by atoms with Crippen molar-refractivity contribution >= 4 is 5.91 Å². The Bertz CT molecular complexity index is 872. The first-order chi connectivity index (χ1) is 13.6. The number of likely N-dealkylation sites (tertiary alicyclic amines) is 2. The molecule has 0 radical (unpaired) electrons. The number of benzene rings is 1. The maximum Gasteiger partial charge on any atom is 0.251 e. The first-order valence-electron chi connectivity index (χ1n) is 10.2. The zero-order valence-corrected chi connectivity index (χ0v) is 16.4. The molecule has 0 saturated carbocycles. The normalized spacial score (nSPS) is 21.2. The summed E-state index contributed by atoms with van der Waals surface area (Å²) in [4.78, 5) is 35.9. The molecular formula is C22H28N4O2. The van der Waals surface area contributed by atoms with Crippen LogP contribution in [0.5, 0.6) is 0 Å². The topological polar surface area (TPSA) is 69.3 Å². The van der Waals surface area contributed by atoms with Gasteiger partial charge in [0.1, 0.15) is 5.82 Å². The number of H-pyrrole nitrogens is 1. The Kier molecular flexibility index (Phi) is 5.57.